The molecule has 6 nitrogen and oxygen atoms in total. The summed E-state index contributed by atoms with van der Waals surface area (Å²) in [5.74, 6) is -4.01. The first-order valence-electron chi connectivity index (χ1n) is 9.85. The lowest BCUT2D eigenvalue weighted by Gasteiger charge is -2.48. The Labute approximate surface area is 175 Å². The molecule has 1 aliphatic carbocycles. The van der Waals surface area contributed by atoms with Gasteiger partial charge < -0.3 is 5.11 Å². The zero-order valence-electron chi connectivity index (χ0n) is 16.0. The molecule has 1 amide bonds. The summed E-state index contributed by atoms with van der Waals surface area (Å²) >= 11 is 5.64. The monoisotopic (exact) mass is 409 g/mol. The van der Waals surface area contributed by atoms with Gasteiger partial charge >= 0.3 is 5.91 Å². The van der Waals surface area contributed by atoms with Gasteiger partial charge in [-0.3, -0.25) is 19.8 Å². The second-order valence-electron chi connectivity index (χ2n) is 7.41. The van der Waals surface area contributed by atoms with Crippen molar-refractivity contribution in [2.75, 3.05) is 9.80 Å². The molecule has 1 heterocycles. The average molecular weight is 410 g/mol. The van der Waals surface area contributed by atoms with Crippen molar-refractivity contribution in [1.82, 2.24) is 5.32 Å². The number of Topliss-reactive ketones (excluding diaryl/α,β-unsaturated/α-hetero) is 1. The van der Waals surface area contributed by atoms with Crippen LogP contribution >= 0.6 is 12.2 Å². The maximum atomic E-state index is 13.2. The number of nitrogens with one attached hydrogen (secondary N) is 1. The van der Waals surface area contributed by atoms with E-state index in [2.05, 4.69) is 5.32 Å². The SMILES string of the molecule is O=C1C(=O)C(O)(NC2CCCCC2)N(c2ccccc2)C(=S)N1c1ccccc1. The third-order valence-corrected chi connectivity index (χ3v) is 5.82. The van der Waals surface area contributed by atoms with E-state index < -0.39 is 17.5 Å². The molecule has 2 fully saturated rings. The summed E-state index contributed by atoms with van der Waals surface area (Å²) in [6, 6.07) is 17.7. The number of carbonyl (C=O) groups excluding carboxylic acids is 2. The summed E-state index contributed by atoms with van der Waals surface area (Å²) in [5, 5.41) is 14.7. The molecule has 2 aromatic carbocycles. The van der Waals surface area contributed by atoms with Crippen LogP contribution in [-0.4, -0.2) is 33.8 Å². The van der Waals surface area contributed by atoms with Crippen LogP contribution in [0.3, 0.4) is 0 Å². The first-order valence-corrected chi connectivity index (χ1v) is 10.3. The van der Waals surface area contributed by atoms with E-state index >= 15 is 0 Å². The number of hydrogen-bond donors (Lipinski definition) is 2. The van der Waals surface area contributed by atoms with Gasteiger partial charge in [0, 0.05) is 11.7 Å². The van der Waals surface area contributed by atoms with Crippen molar-refractivity contribution in [1.29, 1.82) is 0 Å². The number of aliphatic hydroxyl groups is 1. The largest absolute Gasteiger partial charge is 0.352 e. The molecule has 0 spiro atoms. The van der Waals surface area contributed by atoms with Crippen molar-refractivity contribution in [3.8, 4) is 0 Å². The topological polar surface area (TPSA) is 72.9 Å². The van der Waals surface area contributed by atoms with Gasteiger partial charge in [-0.2, -0.15) is 0 Å². The Morgan fingerprint density at radius 2 is 1.45 bits per heavy atom. The standard InChI is InChI=1S/C22H23N3O3S/c26-19-20(27)24(17-12-6-2-7-13-17)21(29)25(18-14-8-3-9-15-18)22(19,28)23-16-10-4-1-5-11-16/h2-3,6-9,12-16,23,28H,1,4-5,10-11H2. The fourth-order valence-corrected chi connectivity index (χ4v) is 4.44. The lowest BCUT2D eigenvalue weighted by Crippen LogP contribution is -2.77. The second-order valence-corrected chi connectivity index (χ2v) is 7.78. The number of ketones is 1. The van der Waals surface area contributed by atoms with E-state index in [9.17, 15) is 14.7 Å². The van der Waals surface area contributed by atoms with Crippen LogP contribution in [0.25, 0.3) is 0 Å². The van der Waals surface area contributed by atoms with Crippen molar-refractivity contribution >= 4 is 40.4 Å². The molecule has 2 N–H and O–H groups in total. The van der Waals surface area contributed by atoms with Crippen molar-refractivity contribution in [3.63, 3.8) is 0 Å². The average Bonchev–Trinajstić information content (AvgIpc) is 2.75. The van der Waals surface area contributed by atoms with Crippen molar-refractivity contribution in [2.45, 2.75) is 44.0 Å². The predicted molar refractivity (Wildman–Crippen MR) is 115 cm³/mol. The summed E-state index contributed by atoms with van der Waals surface area (Å²) in [7, 11) is 0. The number of anilines is 2. The third kappa shape index (κ3) is 3.57. The molecule has 1 aliphatic heterocycles. The second kappa shape index (κ2) is 8.02. The third-order valence-electron chi connectivity index (χ3n) is 5.46. The van der Waals surface area contributed by atoms with Crippen LogP contribution in [0.2, 0.25) is 0 Å². The molecule has 0 bridgehead atoms. The summed E-state index contributed by atoms with van der Waals surface area (Å²) in [4.78, 5) is 28.8. The number of nitrogens with zero attached hydrogens (tertiary/aromatic N) is 2. The highest BCUT2D eigenvalue weighted by atomic mass is 32.1. The minimum absolute atomic E-state index is 0.0535. The zero-order valence-corrected chi connectivity index (χ0v) is 16.8. The van der Waals surface area contributed by atoms with E-state index in [1.54, 1.807) is 48.5 Å². The van der Waals surface area contributed by atoms with Gasteiger partial charge in [-0.15, -0.1) is 0 Å². The molecule has 29 heavy (non-hydrogen) atoms. The molecule has 1 unspecified atom stereocenters. The zero-order chi connectivity index (χ0) is 20.4. The normalized spacial score (nSPS) is 23.6. The number of rotatable bonds is 4. The fourth-order valence-electron chi connectivity index (χ4n) is 4.02. The van der Waals surface area contributed by atoms with Crippen LogP contribution in [0.15, 0.2) is 60.7 Å². The summed E-state index contributed by atoms with van der Waals surface area (Å²) in [5.41, 5.74) is 1.02. The minimum atomic E-state index is -2.22. The maximum Gasteiger partial charge on any atom is 0.307 e. The van der Waals surface area contributed by atoms with Gasteiger partial charge in [0.15, 0.2) is 5.11 Å². The molecule has 2 aromatic rings. The molecule has 0 radical (unpaired) electrons. The van der Waals surface area contributed by atoms with Crippen molar-refractivity contribution in [3.05, 3.63) is 60.7 Å². The van der Waals surface area contributed by atoms with Gasteiger partial charge in [-0.25, -0.2) is 4.90 Å². The van der Waals surface area contributed by atoms with Crippen LogP contribution in [0.5, 0.6) is 0 Å². The van der Waals surface area contributed by atoms with E-state index in [1.807, 2.05) is 12.1 Å². The van der Waals surface area contributed by atoms with Gasteiger partial charge in [-0.1, -0.05) is 55.7 Å². The predicted octanol–water partition coefficient (Wildman–Crippen LogP) is 2.96. The van der Waals surface area contributed by atoms with Crippen LogP contribution in [0, 0.1) is 0 Å². The van der Waals surface area contributed by atoms with E-state index in [4.69, 9.17) is 12.2 Å². The number of hydrogen-bond acceptors (Lipinski definition) is 5. The smallest absolute Gasteiger partial charge is 0.307 e. The molecule has 1 saturated carbocycles. The van der Waals surface area contributed by atoms with E-state index in [0.29, 0.717) is 11.4 Å². The maximum absolute atomic E-state index is 13.2. The number of benzene rings is 2. The van der Waals surface area contributed by atoms with E-state index in [-0.39, 0.29) is 11.2 Å². The highest BCUT2D eigenvalue weighted by Gasteiger charge is 2.56. The Kier molecular flexibility index (Phi) is 5.45. The Morgan fingerprint density at radius 3 is 2.03 bits per heavy atom. The summed E-state index contributed by atoms with van der Waals surface area (Å²) in [6.45, 7) is 0. The van der Waals surface area contributed by atoms with Gasteiger partial charge in [0.25, 0.3) is 11.6 Å². The highest BCUT2D eigenvalue weighted by Crippen LogP contribution is 2.32. The molecule has 4 rings (SSSR count). The van der Waals surface area contributed by atoms with Crippen LogP contribution in [-0.2, 0) is 9.59 Å². The van der Waals surface area contributed by atoms with E-state index in [0.717, 1.165) is 32.1 Å². The van der Waals surface area contributed by atoms with Gasteiger partial charge in [0.05, 0.1) is 5.69 Å². The quantitative estimate of drug-likeness (QED) is 0.460. The highest BCUT2D eigenvalue weighted by molar-refractivity contribution is 7.81. The minimum Gasteiger partial charge on any atom is -0.352 e. The molecule has 1 atom stereocenters. The molecule has 1 saturated heterocycles. The molecule has 0 aromatic heterocycles. The first kappa shape index (κ1) is 19.7. The van der Waals surface area contributed by atoms with E-state index in [1.165, 1.54) is 9.80 Å². The van der Waals surface area contributed by atoms with Crippen molar-refractivity contribution in [2.24, 2.45) is 0 Å². The first-order chi connectivity index (χ1) is 14.0. The van der Waals surface area contributed by atoms with Gasteiger partial charge in [0.2, 0.25) is 0 Å². The Morgan fingerprint density at radius 1 is 0.897 bits per heavy atom. The van der Waals surface area contributed by atoms with Crippen molar-refractivity contribution < 1.29 is 14.7 Å². The summed E-state index contributed by atoms with van der Waals surface area (Å²) < 4.78 is 0. The van der Waals surface area contributed by atoms with Gasteiger partial charge in [0.1, 0.15) is 0 Å². The van der Waals surface area contributed by atoms with Crippen LogP contribution in [0.4, 0.5) is 11.4 Å². The number of carbonyl (C=O) groups is 2. The summed E-state index contributed by atoms with van der Waals surface area (Å²) in [6.07, 6.45) is 4.83. The molecule has 150 valence electrons. The molecule has 2 aliphatic rings. The van der Waals surface area contributed by atoms with Crippen LogP contribution in [0.1, 0.15) is 32.1 Å². The Balaban J connectivity index is 1.78. The Bertz CT molecular complexity index is 915. The Hall–Kier alpha value is -2.61. The lowest BCUT2D eigenvalue weighted by molar-refractivity contribution is -0.151. The van der Waals surface area contributed by atoms with Gasteiger partial charge in [-0.05, 0) is 49.3 Å². The number of thiocarbonyl (C=S) groups is 1. The molecular weight excluding hydrogens is 386 g/mol. The molecule has 7 heteroatoms. The lowest BCUT2D eigenvalue weighted by atomic mass is 9.94. The fraction of sp³-hybridized carbons (Fsp3) is 0.318. The van der Waals surface area contributed by atoms with Crippen LogP contribution < -0.4 is 15.1 Å². The number of amides is 1. The molecular formula is C22H23N3O3S. The number of para-hydroxylation sites is 2.